The molecule has 0 bridgehead atoms. The number of aliphatic hydroxyl groups excluding tert-OH is 1. The van der Waals surface area contributed by atoms with Gasteiger partial charge in [-0.05, 0) is 68.7 Å². The summed E-state index contributed by atoms with van der Waals surface area (Å²) in [6.45, 7) is 6.78. The zero-order valence-corrected chi connectivity index (χ0v) is 19.0. The molecule has 2 fully saturated rings. The van der Waals surface area contributed by atoms with Gasteiger partial charge in [0.05, 0.1) is 17.7 Å². The number of ether oxygens (including phenoxy) is 1. The molecule has 174 valence electrons. The van der Waals surface area contributed by atoms with Crippen LogP contribution in [0, 0.1) is 5.82 Å². The van der Waals surface area contributed by atoms with E-state index in [1.165, 1.54) is 29.2 Å². The van der Waals surface area contributed by atoms with Gasteiger partial charge >= 0.3 is 0 Å². The van der Waals surface area contributed by atoms with E-state index in [1.807, 2.05) is 24.3 Å². The highest BCUT2D eigenvalue weighted by Crippen LogP contribution is 2.40. The molecule has 33 heavy (non-hydrogen) atoms. The van der Waals surface area contributed by atoms with Crippen LogP contribution in [0.5, 0.6) is 0 Å². The van der Waals surface area contributed by atoms with Crippen LogP contribution in [0.2, 0.25) is 0 Å². The second kappa shape index (κ2) is 9.75. The minimum Gasteiger partial charge on any atom is -0.507 e. The van der Waals surface area contributed by atoms with Gasteiger partial charge in [-0.3, -0.25) is 9.59 Å². The lowest BCUT2D eigenvalue weighted by Gasteiger charge is -2.28. The fourth-order valence-corrected chi connectivity index (χ4v) is 4.64. The lowest BCUT2D eigenvalue weighted by molar-refractivity contribution is -0.140. The number of rotatable bonds is 7. The minimum absolute atomic E-state index is 0.0141. The number of halogens is 1. The van der Waals surface area contributed by atoms with Crippen molar-refractivity contribution >= 4 is 23.1 Å². The molecule has 0 saturated carbocycles. The first-order chi connectivity index (χ1) is 15.9. The Morgan fingerprint density at radius 1 is 1.09 bits per heavy atom. The average Bonchev–Trinajstić information content (AvgIpc) is 3.43. The van der Waals surface area contributed by atoms with Crippen molar-refractivity contribution in [2.75, 3.05) is 31.1 Å². The first kappa shape index (κ1) is 23.0. The monoisotopic (exact) mass is 452 g/mol. The summed E-state index contributed by atoms with van der Waals surface area (Å²) in [5.74, 6) is -2.16. The average molecular weight is 453 g/mol. The Hall–Kier alpha value is -3.19. The van der Waals surface area contributed by atoms with Gasteiger partial charge in [0.15, 0.2) is 0 Å². The topological polar surface area (TPSA) is 70.1 Å². The molecule has 2 aliphatic rings. The minimum atomic E-state index is -0.745. The molecular weight excluding hydrogens is 423 g/mol. The number of hydrogen-bond donors (Lipinski definition) is 1. The van der Waals surface area contributed by atoms with Gasteiger partial charge in [0.2, 0.25) is 0 Å². The summed E-state index contributed by atoms with van der Waals surface area (Å²) < 4.78 is 19.1. The summed E-state index contributed by atoms with van der Waals surface area (Å²) in [5.41, 5.74) is 2.07. The lowest BCUT2D eigenvalue weighted by atomic mass is 9.95. The van der Waals surface area contributed by atoms with Gasteiger partial charge in [-0.25, -0.2) is 4.39 Å². The molecule has 0 spiro atoms. The maximum absolute atomic E-state index is 13.4. The quantitative estimate of drug-likeness (QED) is 0.386. The van der Waals surface area contributed by atoms with E-state index in [2.05, 4.69) is 18.7 Å². The molecule has 2 aromatic carbocycles. The van der Waals surface area contributed by atoms with Gasteiger partial charge in [0.25, 0.3) is 11.7 Å². The molecule has 2 aliphatic heterocycles. The van der Waals surface area contributed by atoms with E-state index in [1.54, 1.807) is 0 Å². The van der Waals surface area contributed by atoms with Gasteiger partial charge in [-0.1, -0.05) is 12.1 Å². The summed E-state index contributed by atoms with van der Waals surface area (Å²) in [6.07, 6.45) is 1.58. The largest absolute Gasteiger partial charge is 0.507 e. The maximum Gasteiger partial charge on any atom is 0.295 e. The Morgan fingerprint density at radius 3 is 2.33 bits per heavy atom. The number of likely N-dealkylation sites (tertiary alicyclic amines) is 1. The number of anilines is 1. The Bertz CT molecular complexity index is 1040. The number of amides is 1. The highest BCUT2D eigenvalue weighted by atomic mass is 19.1. The molecule has 0 aliphatic carbocycles. The summed E-state index contributed by atoms with van der Waals surface area (Å²) in [5, 5.41) is 11.0. The molecule has 1 N–H and O–H groups in total. The van der Waals surface area contributed by atoms with Crippen LogP contribution in [0.25, 0.3) is 5.76 Å². The highest BCUT2D eigenvalue weighted by Gasteiger charge is 2.47. The molecule has 0 radical (unpaired) electrons. The van der Waals surface area contributed by atoms with Crippen LogP contribution in [-0.2, 0) is 14.3 Å². The van der Waals surface area contributed by atoms with Crippen molar-refractivity contribution in [3.8, 4) is 0 Å². The third-order valence-corrected chi connectivity index (χ3v) is 6.42. The fourth-order valence-electron chi connectivity index (χ4n) is 4.64. The van der Waals surface area contributed by atoms with Crippen LogP contribution in [0.4, 0.5) is 10.1 Å². The van der Waals surface area contributed by atoms with Crippen LogP contribution < -0.4 is 4.90 Å². The molecule has 2 heterocycles. The highest BCUT2D eigenvalue weighted by molar-refractivity contribution is 6.46. The van der Waals surface area contributed by atoms with Crippen molar-refractivity contribution in [3.05, 3.63) is 71.0 Å². The van der Waals surface area contributed by atoms with Crippen LogP contribution in [0.3, 0.4) is 0 Å². The number of carbonyl (C=O) groups excluding carboxylic acids is 2. The second-order valence-electron chi connectivity index (χ2n) is 8.36. The number of benzene rings is 2. The molecule has 2 saturated heterocycles. The summed E-state index contributed by atoms with van der Waals surface area (Å²) in [7, 11) is 0. The van der Waals surface area contributed by atoms with E-state index in [9.17, 15) is 19.1 Å². The molecule has 2 unspecified atom stereocenters. The molecular formula is C26H29FN2O4. The van der Waals surface area contributed by atoms with E-state index < -0.39 is 23.5 Å². The van der Waals surface area contributed by atoms with Crippen molar-refractivity contribution in [2.45, 2.75) is 38.8 Å². The Labute approximate surface area is 193 Å². The Kier molecular flexibility index (Phi) is 6.79. The van der Waals surface area contributed by atoms with E-state index in [0.717, 1.165) is 37.2 Å². The zero-order chi connectivity index (χ0) is 23.5. The number of ketones is 1. The SMILES string of the molecule is CCN(CC)c1ccc(C2/C(=C(/O)c3ccc(F)cc3)C(=O)C(=O)N2CC2CCCO2)cc1. The first-order valence-electron chi connectivity index (χ1n) is 11.5. The van der Waals surface area contributed by atoms with Gasteiger partial charge in [0.1, 0.15) is 11.6 Å². The van der Waals surface area contributed by atoms with Crippen LogP contribution in [0.15, 0.2) is 54.1 Å². The Morgan fingerprint density at radius 2 is 1.76 bits per heavy atom. The smallest absolute Gasteiger partial charge is 0.295 e. The predicted octanol–water partition coefficient (Wildman–Crippen LogP) is 4.27. The number of Topliss-reactive ketones (excluding diaryl/α,β-unsaturated/α-hetero) is 1. The van der Waals surface area contributed by atoms with Crippen molar-refractivity contribution in [1.29, 1.82) is 0 Å². The molecule has 4 rings (SSSR count). The van der Waals surface area contributed by atoms with E-state index in [4.69, 9.17) is 4.74 Å². The molecule has 1 amide bonds. The molecule has 7 heteroatoms. The van der Waals surface area contributed by atoms with Crippen molar-refractivity contribution in [2.24, 2.45) is 0 Å². The number of nitrogens with zero attached hydrogens (tertiary/aromatic N) is 2. The number of hydrogen-bond acceptors (Lipinski definition) is 5. The third kappa shape index (κ3) is 4.50. The molecule has 0 aromatic heterocycles. The number of carbonyl (C=O) groups is 2. The van der Waals surface area contributed by atoms with Gasteiger partial charge < -0.3 is 19.6 Å². The van der Waals surface area contributed by atoms with E-state index in [0.29, 0.717) is 6.61 Å². The maximum atomic E-state index is 13.4. The van der Waals surface area contributed by atoms with Crippen molar-refractivity contribution in [3.63, 3.8) is 0 Å². The lowest BCUT2D eigenvalue weighted by Crippen LogP contribution is -2.36. The van der Waals surface area contributed by atoms with Crippen LogP contribution in [0.1, 0.15) is 43.9 Å². The Balaban J connectivity index is 1.78. The van der Waals surface area contributed by atoms with E-state index >= 15 is 0 Å². The fraction of sp³-hybridized carbons (Fsp3) is 0.385. The summed E-state index contributed by atoms with van der Waals surface area (Å²) >= 11 is 0. The predicted molar refractivity (Wildman–Crippen MR) is 124 cm³/mol. The van der Waals surface area contributed by atoms with Gasteiger partial charge in [-0.15, -0.1) is 0 Å². The first-order valence-corrected chi connectivity index (χ1v) is 11.5. The van der Waals surface area contributed by atoms with Crippen LogP contribution in [-0.4, -0.2) is 54.0 Å². The molecule has 2 aromatic rings. The summed E-state index contributed by atoms with van der Waals surface area (Å²) in [4.78, 5) is 29.8. The third-order valence-electron chi connectivity index (χ3n) is 6.42. The zero-order valence-electron chi connectivity index (χ0n) is 19.0. The van der Waals surface area contributed by atoms with Crippen molar-refractivity contribution < 1.29 is 23.8 Å². The normalized spacial score (nSPS) is 22.2. The van der Waals surface area contributed by atoms with Gasteiger partial charge in [-0.2, -0.15) is 0 Å². The van der Waals surface area contributed by atoms with Crippen LogP contribution >= 0.6 is 0 Å². The standard InChI is InChI=1S/C26H29FN2O4/c1-3-28(4-2)20-13-9-17(10-14-20)23-22(24(30)18-7-11-19(27)12-8-18)25(31)26(32)29(23)16-21-6-5-15-33-21/h7-14,21,23,30H,3-6,15-16H2,1-2H3/b24-22-. The van der Waals surface area contributed by atoms with E-state index in [-0.39, 0.29) is 29.5 Å². The van der Waals surface area contributed by atoms with Gasteiger partial charge in [0, 0.05) is 37.5 Å². The molecule has 6 nitrogen and oxygen atoms in total. The number of aliphatic hydroxyl groups is 1. The second-order valence-corrected chi connectivity index (χ2v) is 8.36. The van der Waals surface area contributed by atoms with Crippen molar-refractivity contribution in [1.82, 2.24) is 4.90 Å². The molecule has 2 atom stereocenters. The summed E-state index contributed by atoms with van der Waals surface area (Å²) in [6, 6.07) is 12.2.